The summed E-state index contributed by atoms with van der Waals surface area (Å²) in [7, 11) is 0. The summed E-state index contributed by atoms with van der Waals surface area (Å²) in [5.41, 5.74) is 1.43. The van der Waals surface area contributed by atoms with Gasteiger partial charge in [0.05, 0.1) is 15.1 Å². The molecule has 1 N–H and O–H groups in total. The molecule has 1 aromatic carbocycles. The first-order valence-electron chi connectivity index (χ1n) is 5.35. The fourth-order valence-electron chi connectivity index (χ4n) is 1.53. The minimum atomic E-state index is -0.443. The average molecular weight is 344 g/mol. The normalized spacial score (nSPS) is 10.3. The zero-order chi connectivity index (χ0) is 14.0. The smallest absolute Gasteiger partial charge is 0.257 e. The monoisotopic (exact) mass is 342 g/mol. The van der Waals surface area contributed by atoms with Crippen molar-refractivity contribution in [3.05, 3.63) is 57.0 Å². The standard InChI is InChI=1S/C13H9BrClFN2O/c1-7-4-9(14)11(16)5-12(7)18-13(19)8-2-3-17-6-10(8)15/h2-6H,1H3,(H,18,19). The first-order chi connectivity index (χ1) is 8.99. The van der Waals surface area contributed by atoms with Gasteiger partial charge in [0, 0.05) is 18.1 Å². The molecule has 1 heterocycles. The first-order valence-corrected chi connectivity index (χ1v) is 6.52. The van der Waals surface area contributed by atoms with Gasteiger partial charge >= 0.3 is 0 Å². The highest BCUT2D eigenvalue weighted by molar-refractivity contribution is 9.10. The minimum absolute atomic E-state index is 0.246. The van der Waals surface area contributed by atoms with Crippen LogP contribution in [0.25, 0.3) is 0 Å². The molecule has 0 radical (unpaired) electrons. The van der Waals surface area contributed by atoms with Crippen LogP contribution in [0, 0.1) is 12.7 Å². The highest BCUT2D eigenvalue weighted by atomic mass is 79.9. The highest BCUT2D eigenvalue weighted by Crippen LogP contribution is 2.25. The predicted octanol–water partition coefficient (Wildman–Crippen LogP) is 4.20. The summed E-state index contributed by atoms with van der Waals surface area (Å²) in [6.07, 6.45) is 2.85. The van der Waals surface area contributed by atoms with Crippen molar-refractivity contribution < 1.29 is 9.18 Å². The number of nitrogens with one attached hydrogen (secondary N) is 1. The number of halogens is 3. The molecule has 2 aromatic rings. The van der Waals surface area contributed by atoms with E-state index in [1.54, 1.807) is 13.0 Å². The van der Waals surface area contributed by atoms with Crippen molar-refractivity contribution in [2.75, 3.05) is 5.32 Å². The van der Waals surface area contributed by atoms with Gasteiger partial charge in [-0.15, -0.1) is 0 Å². The summed E-state index contributed by atoms with van der Waals surface area (Å²) in [5, 5.41) is 2.87. The third-order valence-corrected chi connectivity index (χ3v) is 3.44. The predicted molar refractivity (Wildman–Crippen MR) is 76.0 cm³/mol. The summed E-state index contributed by atoms with van der Waals surface area (Å²) < 4.78 is 13.8. The number of nitrogens with zero attached hydrogens (tertiary/aromatic N) is 1. The summed E-state index contributed by atoms with van der Waals surface area (Å²) in [6, 6.07) is 4.35. The molecule has 1 amide bonds. The van der Waals surface area contributed by atoms with Crippen molar-refractivity contribution in [3.63, 3.8) is 0 Å². The van der Waals surface area contributed by atoms with Gasteiger partial charge in [0.2, 0.25) is 0 Å². The molecule has 0 unspecified atom stereocenters. The average Bonchev–Trinajstić information content (AvgIpc) is 2.36. The van der Waals surface area contributed by atoms with Gasteiger partial charge in [-0.3, -0.25) is 9.78 Å². The molecule has 2 rings (SSSR count). The van der Waals surface area contributed by atoms with Crippen LogP contribution in [-0.4, -0.2) is 10.9 Å². The molecule has 0 atom stereocenters. The summed E-state index contributed by atoms with van der Waals surface area (Å²) in [4.78, 5) is 15.8. The maximum atomic E-state index is 13.5. The molecule has 19 heavy (non-hydrogen) atoms. The summed E-state index contributed by atoms with van der Waals surface area (Å²) >= 11 is 8.96. The van der Waals surface area contributed by atoms with E-state index in [0.29, 0.717) is 15.7 Å². The molecular formula is C13H9BrClFN2O. The Balaban J connectivity index is 2.30. The number of carbonyl (C=O) groups is 1. The van der Waals surface area contributed by atoms with E-state index in [2.05, 4.69) is 26.2 Å². The van der Waals surface area contributed by atoms with Crippen molar-refractivity contribution in [1.82, 2.24) is 4.98 Å². The van der Waals surface area contributed by atoms with Gasteiger partial charge in [0.15, 0.2) is 0 Å². The number of aryl methyl sites for hydroxylation is 1. The molecule has 0 aliphatic carbocycles. The van der Waals surface area contributed by atoms with Gasteiger partial charge in [-0.05, 0) is 46.6 Å². The van der Waals surface area contributed by atoms with Crippen LogP contribution in [0.5, 0.6) is 0 Å². The summed E-state index contributed by atoms with van der Waals surface area (Å²) in [6.45, 7) is 1.77. The minimum Gasteiger partial charge on any atom is -0.322 e. The van der Waals surface area contributed by atoms with E-state index < -0.39 is 11.7 Å². The zero-order valence-electron chi connectivity index (χ0n) is 9.88. The fourth-order valence-corrected chi connectivity index (χ4v) is 2.19. The topological polar surface area (TPSA) is 42.0 Å². The van der Waals surface area contributed by atoms with Crippen LogP contribution in [0.4, 0.5) is 10.1 Å². The number of anilines is 1. The Morgan fingerprint density at radius 3 is 2.89 bits per heavy atom. The third kappa shape index (κ3) is 3.11. The number of hydrogen-bond acceptors (Lipinski definition) is 2. The number of rotatable bonds is 2. The molecule has 0 spiro atoms. The van der Waals surface area contributed by atoms with Gasteiger partial charge in [-0.1, -0.05) is 11.6 Å². The third-order valence-electron chi connectivity index (χ3n) is 2.53. The molecule has 0 aliphatic heterocycles. The van der Waals surface area contributed by atoms with Crippen molar-refractivity contribution in [1.29, 1.82) is 0 Å². The number of amides is 1. The number of aromatic nitrogens is 1. The molecular weight excluding hydrogens is 335 g/mol. The van der Waals surface area contributed by atoms with Gasteiger partial charge in [-0.2, -0.15) is 0 Å². The number of benzene rings is 1. The Bertz CT molecular complexity index is 649. The maximum Gasteiger partial charge on any atom is 0.257 e. The van der Waals surface area contributed by atoms with E-state index in [4.69, 9.17) is 11.6 Å². The van der Waals surface area contributed by atoms with E-state index in [1.807, 2.05) is 0 Å². The van der Waals surface area contributed by atoms with Crippen LogP contribution in [0.1, 0.15) is 15.9 Å². The fraction of sp³-hybridized carbons (Fsp3) is 0.0769. The van der Waals surface area contributed by atoms with Crippen LogP contribution >= 0.6 is 27.5 Å². The second-order valence-corrected chi connectivity index (χ2v) is 5.15. The SMILES string of the molecule is Cc1cc(Br)c(F)cc1NC(=O)c1ccncc1Cl. The molecule has 1 aromatic heterocycles. The van der Waals surface area contributed by atoms with E-state index in [9.17, 15) is 9.18 Å². The van der Waals surface area contributed by atoms with Gasteiger partial charge in [0.25, 0.3) is 5.91 Å². The molecule has 0 fully saturated rings. The molecule has 3 nitrogen and oxygen atoms in total. The highest BCUT2D eigenvalue weighted by Gasteiger charge is 2.13. The lowest BCUT2D eigenvalue weighted by molar-refractivity contribution is 0.102. The van der Waals surface area contributed by atoms with E-state index in [0.717, 1.165) is 5.56 Å². The summed E-state index contributed by atoms with van der Waals surface area (Å²) in [5.74, 6) is -0.848. The zero-order valence-corrected chi connectivity index (χ0v) is 12.2. The van der Waals surface area contributed by atoms with Crippen LogP contribution < -0.4 is 5.32 Å². The lowest BCUT2D eigenvalue weighted by Gasteiger charge is -2.10. The number of hydrogen-bond donors (Lipinski definition) is 1. The molecule has 98 valence electrons. The Hall–Kier alpha value is -1.46. The Kier molecular flexibility index (Phi) is 4.17. The van der Waals surface area contributed by atoms with Gasteiger partial charge < -0.3 is 5.32 Å². The Morgan fingerprint density at radius 2 is 2.21 bits per heavy atom. The largest absolute Gasteiger partial charge is 0.322 e. The van der Waals surface area contributed by atoms with Crippen LogP contribution in [0.2, 0.25) is 5.02 Å². The van der Waals surface area contributed by atoms with Crippen molar-refractivity contribution in [3.8, 4) is 0 Å². The molecule has 0 saturated carbocycles. The lowest BCUT2D eigenvalue weighted by Crippen LogP contribution is -2.13. The Morgan fingerprint density at radius 1 is 1.47 bits per heavy atom. The maximum absolute atomic E-state index is 13.5. The molecule has 0 aliphatic rings. The molecule has 0 bridgehead atoms. The van der Waals surface area contributed by atoms with Gasteiger partial charge in [0.1, 0.15) is 5.82 Å². The van der Waals surface area contributed by atoms with Crippen LogP contribution in [0.15, 0.2) is 35.1 Å². The van der Waals surface area contributed by atoms with Crippen LogP contribution in [-0.2, 0) is 0 Å². The van der Waals surface area contributed by atoms with Crippen molar-refractivity contribution >= 4 is 39.1 Å². The van der Waals surface area contributed by atoms with Gasteiger partial charge in [-0.25, -0.2) is 4.39 Å². The van der Waals surface area contributed by atoms with Crippen molar-refractivity contribution in [2.24, 2.45) is 0 Å². The van der Waals surface area contributed by atoms with Crippen molar-refractivity contribution in [2.45, 2.75) is 6.92 Å². The number of pyridine rings is 1. The van der Waals surface area contributed by atoms with E-state index in [-0.39, 0.29) is 5.02 Å². The van der Waals surface area contributed by atoms with Crippen LogP contribution in [0.3, 0.4) is 0 Å². The Labute approximate surface area is 122 Å². The molecule has 0 saturated heterocycles. The van der Waals surface area contributed by atoms with E-state index >= 15 is 0 Å². The molecule has 6 heteroatoms. The second-order valence-electron chi connectivity index (χ2n) is 3.89. The van der Waals surface area contributed by atoms with E-state index in [1.165, 1.54) is 24.5 Å². The quantitative estimate of drug-likeness (QED) is 0.888. The second kappa shape index (κ2) is 5.67. The number of carbonyl (C=O) groups excluding carboxylic acids is 1. The first kappa shape index (κ1) is 14.0. The lowest BCUT2D eigenvalue weighted by atomic mass is 10.2.